The molecule has 0 radical (unpaired) electrons. The van der Waals surface area contributed by atoms with E-state index in [0.717, 1.165) is 53.6 Å². The lowest BCUT2D eigenvalue weighted by atomic mass is 9.96. The summed E-state index contributed by atoms with van der Waals surface area (Å²) >= 11 is 0. The Hall–Kier alpha value is -2.90. The van der Waals surface area contributed by atoms with Crippen molar-refractivity contribution in [3.05, 3.63) is 48.8 Å². The molecule has 30 heavy (non-hydrogen) atoms. The maximum atomic E-state index is 11.3. The zero-order chi connectivity index (χ0) is 21.1. The Bertz CT molecular complexity index is 1020. The lowest BCUT2D eigenvalue weighted by Crippen LogP contribution is -2.43. The number of rotatable bonds is 7. The Labute approximate surface area is 176 Å². The summed E-state index contributed by atoms with van der Waals surface area (Å²) in [6, 6.07) is 12.3. The predicted octanol–water partition coefficient (Wildman–Crippen LogP) is 2.18. The molecule has 1 unspecified atom stereocenters. The summed E-state index contributed by atoms with van der Waals surface area (Å²) in [4.78, 5) is 13.4. The Morgan fingerprint density at radius 2 is 1.97 bits per heavy atom. The van der Waals surface area contributed by atoms with Crippen LogP contribution in [0.25, 0.3) is 21.9 Å². The number of β-amino-alcohol motifs (C(OH)–C–C–N with tert-alkyl or cyclic N) is 1. The van der Waals surface area contributed by atoms with Crippen LogP contribution in [0.3, 0.4) is 0 Å². The zero-order valence-electron chi connectivity index (χ0n) is 17.2. The third-order valence-corrected chi connectivity index (χ3v) is 5.75. The highest BCUT2D eigenvalue weighted by atomic mass is 16.5. The van der Waals surface area contributed by atoms with Crippen molar-refractivity contribution in [1.29, 1.82) is 0 Å². The van der Waals surface area contributed by atoms with Crippen LogP contribution >= 0.6 is 0 Å². The first kappa shape index (κ1) is 20.4. The van der Waals surface area contributed by atoms with Gasteiger partial charge in [-0.2, -0.15) is 5.10 Å². The van der Waals surface area contributed by atoms with Crippen molar-refractivity contribution in [2.45, 2.75) is 18.9 Å². The fourth-order valence-electron chi connectivity index (χ4n) is 4.01. The normalized spacial score (nSPS) is 16.6. The summed E-state index contributed by atoms with van der Waals surface area (Å²) in [5.74, 6) is 0.475. The highest BCUT2D eigenvalue weighted by molar-refractivity contribution is 5.88. The zero-order valence-corrected chi connectivity index (χ0v) is 17.2. The summed E-state index contributed by atoms with van der Waals surface area (Å²) < 4.78 is 7.65. The third-order valence-electron chi connectivity index (χ3n) is 5.75. The van der Waals surface area contributed by atoms with E-state index in [1.165, 1.54) is 0 Å². The van der Waals surface area contributed by atoms with E-state index >= 15 is 0 Å². The number of hydrogen-bond acceptors (Lipinski definition) is 5. The molecule has 2 aromatic carbocycles. The van der Waals surface area contributed by atoms with Crippen LogP contribution in [0.5, 0.6) is 5.75 Å². The van der Waals surface area contributed by atoms with Gasteiger partial charge < -0.3 is 20.5 Å². The Balaban J connectivity index is 1.35. The number of nitrogens with zero attached hydrogens (tertiary/aromatic N) is 3. The Kier molecular flexibility index (Phi) is 6.01. The van der Waals surface area contributed by atoms with Crippen molar-refractivity contribution >= 4 is 16.7 Å². The minimum atomic E-state index is -0.590. The van der Waals surface area contributed by atoms with Gasteiger partial charge in [0.05, 0.1) is 6.20 Å². The summed E-state index contributed by atoms with van der Waals surface area (Å²) in [5.41, 5.74) is 7.55. The summed E-state index contributed by atoms with van der Waals surface area (Å²) in [6.07, 6.45) is 4.76. The van der Waals surface area contributed by atoms with Gasteiger partial charge in [-0.3, -0.25) is 9.48 Å². The number of aliphatic hydroxyl groups excluding tert-OH is 1. The number of carbonyl (C=O) groups excluding carboxylic acids is 1. The molecule has 7 heteroatoms. The minimum absolute atomic E-state index is 0.0381. The number of aryl methyl sites for hydroxylation is 1. The van der Waals surface area contributed by atoms with E-state index in [9.17, 15) is 9.90 Å². The molecule has 1 fully saturated rings. The SMILES string of the molecule is Cn1cc(-c2ccc3ccc(OCC(O)CN4CCC(C(N)=O)CC4)cc3c2)cn1. The molecule has 7 nitrogen and oxygen atoms in total. The number of carbonyl (C=O) groups is 1. The number of nitrogens with two attached hydrogens (primary N) is 1. The quantitative estimate of drug-likeness (QED) is 0.625. The van der Waals surface area contributed by atoms with E-state index in [-0.39, 0.29) is 18.4 Å². The molecule has 3 aromatic rings. The van der Waals surface area contributed by atoms with E-state index in [4.69, 9.17) is 10.5 Å². The first-order chi connectivity index (χ1) is 14.5. The largest absolute Gasteiger partial charge is 0.491 e. The van der Waals surface area contributed by atoms with Crippen LogP contribution in [0.15, 0.2) is 48.8 Å². The molecule has 158 valence electrons. The van der Waals surface area contributed by atoms with Crippen LogP contribution in [0.1, 0.15) is 12.8 Å². The number of piperidine rings is 1. The summed E-state index contributed by atoms with van der Waals surface area (Å²) in [5, 5.41) is 16.8. The molecule has 1 amide bonds. The van der Waals surface area contributed by atoms with Gasteiger partial charge in [0.15, 0.2) is 0 Å². The number of fused-ring (bicyclic) bond motifs is 1. The van der Waals surface area contributed by atoms with Crippen LogP contribution < -0.4 is 10.5 Å². The van der Waals surface area contributed by atoms with Gasteiger partial charge in [0.2, 0.25) is 5.91 Å². The van der Waals surface area contributed by atoms with Gasteiger partial charge in [0.25, 0.3) is 0 Å². The molecule has 1 aliphatic heterocycles. The monoisotopic (exact) mass is 408 g/mol. The van der Waals surface area contributed by atoms with Crippen LogP contribution in [-0.2, 0) is 11.8 Å². The lowest BCUT2D eigenvalue weighted by molar-refractivity contribution is -0.123. The maximum absolute atomic E-state index is 11.3. The van der Waals surface area contributed by atoms with Gasteiger partial charge >= 0.3 is 0 Å². The predicted molar refractivity (Wildman–Crippen MR) is 116 cm³/mol. The molecule has 2 heterocycles. The van der Waals surface area contributed by atoms with E-state index in [0.29, 0.717) is 6.54 Å². The molecular formula is C23H28N4O3. The Morgan fingerprint density at radius 3 is 2.67 bits per heavy atom. The third kappa shape index (κ3) is 4.80. The molecule has 0 bridgehead atoms. The minimum Gasteiger partial charge on any atom is -0.491 e. The van der Waals surface area contributed by atoms with E-state index in [2.05, 4.69) is 28.2 Å². The van der Waals surface area contributed by atoms with Crippen molar-refractivity contribution in [3.63, 3.8) is 0 Å². The molecule has 4 rings (SSSR count). The van der Waals surface area contributed by atoms with Crippen molar-refractivity contribution in [2.24, 2.45) is 18.7 Å². The molecule has 0 saturated carbocycles. The number of benzene rings is 2. The standard InChI is InChI=1S/C23H28N4O3/c1-26-13-20(12-25-26)18-3-2-16-4-5-22(11-19(16)10-18)30-15-21(28)14-27-8-6-17(7-9-27)23(24)29/h2-5,10-13,17,21,28H,6-9,14-15H2,1H3,(H2,24,29). The maximum Gasteiger partial charge on any atom is 0.220 e. The molecule has 1 atom stereocenters. The van der Waals surface area contributed by atoms with Gasteiger partial charge in [0, 0.05) is 31.3 Å². The topological polar surface area (TPSA) is 93.6 Å². The van der Waals surface area contributed by atoms with Crippen LogP contribution in [0, 0.1) is 5.92 Å². The fourth-order valence-corrected chi connectivity index (χ4v) is 4.01. The van der Waals surface area contributed by atoms with E-state index in [1.54, 1.807) is 4.68 Å². The number of likely N-dealkylation sites (tertiary alicyclic amines) is 1. The first-order valence-electron chi connectivity index (χ1n) is 10.3. The highest BCUT2D eigenvalue weighted by Gasteiger charge is 2.24. The summed E-state index contributed by atoms with van der Waals surface area (Å²) in [6.45, 7) is 2.31. The average Bonchev–Trinajstić information content (AvgIpc) is 3.18. The number of aliphatic hydroxyl groups is 1. The molecule has 1 saturated heterocycles. The van der Waals surface area contributed by atoms with Crippen molar-refractivity contribution < 1.29 is 14.6 Å². The lowest BCUT2D eigenvalue weighted by Gasteiger charge is -2.31. The van der Waals surface area contributed by atoms with Gasteiger partial charge in [0.1, 0.15) is 18.5 Å². The first-order valence-corrected chi connectivity index (χ1v) is 10.3. The van der Waals surface area contributed by atoms with Crippen LogP contribution in [0.2, 0.25) is 0 Å². The summed E-state index contributed by atoms with van der Waals surface area (Å²) in [7, 11) is 1.90. The second kappa shape index (κ2) is 8.85. The molecule has 3 N–H and O–H groups in total. The number of hydrogen-bond donors (Lipinski definition) is 2. The number of ether oxygens (including phenoxy) is 1. The number of aromatic nitrogens is 2. The Morgan fingerprint density at radius 1 is 1.20 bits per heavy atom. The molecular weight excluding hydrogens is 380 g/mol. The molecule has 0 aliphatic carbocycles. The fraction of sp³-hybridized carbons (Fsp3) is 0.391. The number of amides is 1. The van der Waals surface area contributed by atoms with Crippen molar-refractivity contribution in [1.82, 2.24) is 14.7 Å². The van der Waals surface area contributed by atoms with Crippen LogP contribution in [-0.4, -0.2) is 58.0 Å². The highest BCUT2D eigenvalue weighted by Crippen LogP contribution is 2.27. The van der Waals surface area contributed by atoms with Gasteiger partial charge in [-0.05, 0) is 60.5 Å². The van der Waals surface area contributed by atoms with Gasteiger partial charge in [-0.1, -0.05) is 18.2 Å². The van der Waals surface area contributed by atoms with Crippen molar-refractivity contribution in [2.75, 3.05) is 26.2 Å². The molecule has 1 aromatic heterocycles. The second-order valence-corrected chi connectivity index (χ2v) is 8.07. The number of primary amides is 1. The second-order valence-electron chi connectivity index (χ2n) is 8.07. The van der Waals surface area contributed by atoms with E-state index < -0.39 is 6.10 Å². The molecule has 0 spiro atoms. The van der Waals surface area contributed by atoms with Crippen LogP contribution in [0.4, 0.5) is 0 Å². The van der Waals surface area contributed by atoms with Crippen molar-refractivity contribution in [3.8, 4) is 16.9 Å². The average molecular weight is 409 g/mol. The smallest absolute Gasteiger partial charge is 0.220 e. The van der Waals surface area contributed by atoms with E-state index in [1.807, 2.05) is 37.6 Å². The van der Waals surface area contributed by atoms with Gasteiger partial charge in [-0.25, -0.2) is 0 Å². The van der Waals surface area contributed by atoms with Gasteiger partial charge in [-0.15, -0.1) is 0 Å². The molecule has 1 aliphatic rings.